The Bertz CT molecular complexity index is 1320. The van der Waals surface area contributed by atoms with E-state index in [4.69, 9.17) is 4.74 Å². The van der Waals surface area contributed by atoms with Crippen LogP contribution in [0.1, 0.15) is 81.1 Å². The molecule has 8 nitrogen and oxygen atoms in total. The van der Waals surface area contributed by atoms with Crippen LogP contribution >= 0.6 is 11.8 Å². The molecular weight excluding hydrogens is 598 g/mol. The van der Waals surface area contributed by atoms with E-state index < -0.39 is 39.0 Å². The number of likely N-dealkylation sites (tertiary alicyclic amines) is 1. The monoisotopic (exact) mass is 653 g/mol. The molecule has 1 aromatic carbocycles. The lowest BCUT2D eigenvalue weighted by molar-refractivity contribution is -0.149. The molecular formula is C37H55N3O5S. The summed E-state index contributed by atoms with van der Waals surface area (Å²) in [5, 5.41) is 10.5. The van der Waals surface area contributed by atoms with Crippen molar-refractivity contribution in [2.45, 2.75) is 108 Å². The predicted octanol–water partition coefficient (Wildman–Crippen LogP) is 6.09. The first-order valence-electron chi connectivity index (χ1n) is 16.8. The van der Waals surface area contributed by atoms with Gasteiger partial charge in [-0.1, -0.05) is 39.8 Å². The van der Waals surface area contributed by atoms with Crippen LogP contribution in [-0.2, 0) is 14.4 Å². The number of carbonyl (C=O) groups is 3. The number of fused-ring (bicyclic) bond motifs is 1. The molecule has 3 heterocycles. The molecule has 3 aliphatic heterocycles. The van der Waals surface area contributed by atoms with E-state index in [2.05, 4.69) is 54.7 Å². The Morgan fingerprint density at radius 3 is 2.24 bits per heavy atom. The second-order valence-corrected chi connectivity index (χ2v) is 17.1. The largest absolute Gasteiger partial charge is 0.494 e. The van der Waals surface area contributed by atoms with Crippen molar-refractivity contribution in [1.82, 2.24) is 9.80 Å². The molecule has 3 saturated heterocycles. The van der Waals surface area contributed by atoms with Crippen LogP contribution < -0.4 is 9.64 Å². The quantitative estimate of drug-likeness (QED) is 0.245. The molecule has 1 spiro atoms. The van der Waals surface area contributed by atoms with Crippen molar-refractivity contribution in [3.05, 3.63) is 49.6 Å². The predicted molar refractivity (Wildman–Crippen MR) is 187 cm³/mol. The fraction of sp³-hybridized carbons (Fsp3) is 0.649. The summed E-state index contributed by atoms with van der Waals surface area (Å²) in [6.45, 7) is 25.4. The molecule has 2 bridgehead atoms. The van der Waals surface area contributed by atoms with Crippen molar-refractivity contribution in [1.29, 1.82) is 0 Å². The molecule has 4 rings (SSSR count). The number of hydrogen-bond acceptors (Lipinski definition) is 6. The number of benzene rings is 1. The van der Waals surface area contributed by atoms with Gasteiger partial charge in [0.05, 0.1) is 35.8 Å². The van der Waals surface area contributed by atoms with Crippen LogP contribution in [0.25, 0.3) is 0 Å². The van der Waals surface area contributed by atoms with Crippen LogP contribution in [0.2, 0.25) is 0 Å². The van der Waals surface area contributed by atoms with E-state index in [0.717, 1.165) is 12.2 Å². The zero-order valence-electron chi connectivity index (χ0n) is 29.2. The van der Waals surface area contributed by atoms with E-state index in [1.54, 1.807) is 33.7 Å². The first kappa shape index (κ1) is 36.1. The number of nitrogens with zero attached hydrogens (tertiary/aromatic N) is 3. The SMILES string of the molecule is C=CCN(C(=O)[C@H]1[C@H]2C(=O)N([C@@H](CC)CO)C(C(=O)N(CC=C)C(C)(C)CC(C)(C)C)C23CC[C@]1(C)S3)c1ccc(OCC)cc1. The Balaban J connectivity index is 1.82. The number of thioether (sulfide) groups is 1. The number of aliphatic hydroxyl groups is 1. The number of carbonyl (C=O) groups excluding carboxylic acids is 3. The van der Waals surface area contributed by atoms with Gasteiger partial charge < -0.3 is 24.5 Å². The van der Waals surface area contributed by atoms with Crippen molar-refractivity contribution >= 4 is 35.2 Å². The average Bonchev–Trinajstić information content (AvgIpc) is 3.55. The van der Waals surface area contributed by atoms with E-state index in [1.807, 2.05) is 43.0 Å². The summed E-state index contributed by atoms with van der Waals surface area (Å²) >= 11 is 1.66. The maximum absolute atomic E-state index is 15.1. The summed E-state index contributed by atoms with van der Waals surface area (Å²) in [4.78, 5) is 49.9. The Labute approximate surface area is 280 Å². The minimum absolute atomic E-state index is 0.0483. The standard InChI is InChI=1S/C37H55N3O5S/c1-11-21-38(26-15-17-27(18-16-26)45-14-4)31(42)28-29-32(43)40(25(13-3)23-41)30(37(29)20-19-36(28,10)46-37)33(44)39(22-12-2)35(8,9)24-34(5,6)7/h11-12,15-18,25,28-30,41H,1-2,13-14,19-24H2,3-10H3/t25-,28+,29-,30?,36-,37?/m0/s1. The maximum Gasteiger partial charge on any atom is 0.247 e. The highest BCUT2D eigenvalue weighted by atomic mass is 32.2. The summed E-state index contributed by atoms with van der Waals surface area (Å²) < 4.78 is 4.30. The van der Waals surface area contributed by atoms with E-state index in [-0.39, 0.29) is 36.3 Å². The van der Waals surface area contributed by atoms with Gasteiger partial charge in [-0.25, -0.2) is 0 Å². The Kier molecular flexibility index (Phi) is 10.5. The van der Waals surface area contributed by atoms with Gasteiger partial charge in [-0.15, -0.1) is 24.9 Å². The normalized spacial score (nSPS) is 27.7. The Morgan fingerprint density at radius 1 is 1.09 bits per heavy atom. The van der Waals surface area contributed by atoms with Crippen molar-refractivity contribution in [3.8, 4) is 5.75 Å². The topological polar surface area (TPSA) is 90.4 Å². The molecule has 254 valence electrons. The van der Waals surface area contributed by atoms with Crippen LogP contribution in [0, 0.1) is 17.3 Å². The lowest BCUT2D eigenvalue weighted by Crippen LogP contribution is -2.61. The van der Waals surface area contributed by atoms with Crippen LogP contribution in [0.3, 0.4) is 0 Å². The molecule has 1 N–H and O–H groups in total. The molecule has 0 aromatic heterocycles. The van der Waals surface area contributed by atoms with Crippen LogP contribution in [0.5, 0.6) is 5.75 Å². The van der Waals surface area contributed by atoms with Gasteiger partial charge in [0.2, 0.25) is 17.7 Å². The summed E-state index contributed by atoms with van der Waals surface area (Å²) in [7, 11) is 0. The lowest BCUT2D eigenvalue weighted by Gasteiger charge is -2.46. The van der Waals surface area contributed by atoms with Crippen LogP contribution in [0.15, 0.2) is 49.6 Å². The van der Waals surface area contributed by atoms with Gasteiger partial charge in [-0.05, 0) is 83.1 Å². The summed E-state index contributed by atoms with van der Waals surface area (Å²) in [6, 6.07) is 6.09. The Morgan fingerprint density at radius 2 is 1.72 bits per heavy atom. The summed E-state index contributed by atoms with van der Waals surface area (Å²) in [5.74, 6) is -1.08. The number of rotatable bonds is 14. The smallest absolute Gasteiger partial charge is 0.247 e. The molecule has 3 aliphatic rings. The number of ether oxygens (including phenoxy) is 1. The highest BCUT2D eigenvalue weighted by Gasteiger charge is 2.78. The van der Waals surface area contributed by atoms with Gasteiger partial charge in [-0.2, -0.15) is 0 Å². The maximum atomic E-state index is 15.1. The van der Waals surface area contributed by atoms with Crippen molar-refractivity contribution in [2.75, 3.05) is 31.2 Å². The first-order chi connectivity index (χ1) is 21.6. The molecule has 6 atom stereocenters. The van der Waals surface area contributed by atoms with Gasteiger partial charge in [0.25, 0.3) is 0 Å². The number of hydrogen-bond donors (Lipinski definition) is 1. The fourth-order valence-electron chi connectivity index (χ4n) is 8.64. The third kappa shape index (κ3) is 6.26. The first-order valence-corrected chi connectivity index (χ1v) is 17.6. The van der Waals surface area contributed by atoms with E-state index in [1.165, 1.54) is 0 Å². The fourth-order valence-corrected chi connectivity index (χ4v) is 11.0. The number of aliphatic hydroxyl groups excluding tert-OH is 1. The van der Waals surface area contributed by atoms with Gasteiger partial charge in [0, 0.05) is 29.1 Å². The third-order valence-electron chi connectivity index (χ3n) is 10.1. The van der Waals surface area contributed by atoms with Crippen molar-refractivity contribution < 1.29 is 24.2 Å². The zero-order valence-corrected chi connectivity index (χ0v) is 30.0. The summed E-state index contributed by atoms with van der Waals surface area (Å²) in [5.41, 5.74) is 0.132. The average molecular weight is 654 g/mol. The number of amides is 3. The molecule has 3 fully saturated rings. The molecule has 1 aromatic rings. The van der Waals surface area contributed by atoms with E-state index in [9.17, 15) is 14.7 Å². The highest BCUT2D eigenvalue weighted by Crippen LogP contribution is 2.72. The Hall–Kier alpha value is -2.78. The molecule has 2 unspecified atom stereocenters. The van der Waals surface area contributed by atoms with Gasteiger partial charge in [0.15, 0.2) is 0 Å². The molecule has 0 saturated carbocycles. The lowest BCUT2D eigenvalue weighted by atomic mass is 9.66. The van der Waals surface area contributed by atoms with E-state index >= 15 is 4.79 Å². The van der Waals surface area contributed by atoms with Crippen molar-refractivity contribution in [3.63, 3.8) is 0 Å². The third-order valence-corrected chi connectivity index (χ3v) is 12.1. The number of anilines is 1. The van der Waals surface area contributed by atoms with Gasteiger partial charge in [-0.3, -0.25) is 14.4 Å². The zero-order chi connectivity index (χ0) is 34.2. The minimum atomic E-state index is -0.802. The molecule has 3 amide bonds. The minimum Gasteiger partial charge on any atom is -0.494 e. The van der Waals surface area contributed by atoms with Gasteiger partial charge >= 0.3 is 0 Å². The highest BCUT2D eigenvalue weighted by molar-refractivity contribution is 8.02. The molecule has 0 radical (unpaired) electrons. The van der Waals surface area contributed by atoms with Gasteiger partial charge in [0.1, 0.15) is 11.8 Å². The van der Waals surface area contributed by atoms with E-state index in [0.29, 0.717) is 38.1 Å². The van der Waals surface area contributed by atoms with Crippen molar-refractivity contribution in [2.24, 2.45) is 17.3 Å². The second-order valence-electron chi connectivity index (χ2n) is 15.2. The molecule has 0 aliphatic carbocycles. The van der Waals surface area contributed by atoms with Crippen LogP contribution in [0.4, 0.5) is 5.69 Å². The molecule has 46 heavy (non-hydrogen) atoms. The van der Waals surface area contributed by atoms with Crippen LogP contribution in [-0.4, -0.2) is 86.0 Å². The summed E-state index contributed by atoms with van der Waals surface area (Å²) in [6.07, 6.45) is 6.05. The molecule has 9 heteroatoms. The second kappa shape index (κ2) is 13.4.